The standard InChI is InChI=1S/C20H24BrNO3/c1-5-24-17-8-6-16(7-9-17)15(4)22-19(23)12-25-18-10-13(2)20(21)14(3)11-18/h6-11,15H,5,12H2,1-4H3,(H,22,23)/t15-/m1/s1. The summed E-state index contributed by atoms with van der Waals surface area (Å²) >= 11 is 3.52. The number of ether oxygens (including phenoxy) is 2. The van der Waals surface area contributed by atoms with E-state index in [0.29, 0.717) is 12.4 Å². The first-order valence-corrected chi connectivity index (χ1v) is 9.11. The molecule has 134 valence electrons. The van der Waals surface area contributed by atoms with Gasteiger partial charge in [-0.15, -0.1) is 0 Å². The normalized spacial score (nSPS) is 11.7. The van der Waals surface area contributed by atoms with Gasteiger partial charge in [-0.1, -0.05) is 28.1 Å². The maximum atomic E-state index is 12.1. The zero-order valence-corrected chi connectivity index (χ0v) is 16.6. The maximum Gasteiger partial charge on any atom is 0.258 e. The van der Waals surface area contributed by atoms with Crippen molar-refractivity contribution in [1.82, 2.24) is 5.32 Å². The Morgan fingerprint density at radius 3 is 2.24 bits per heavy atom. The van der Waals surface area contributed by atoms with Crippen LogP contribution in [-0.4, -0.2) is 19.1 Å². The van der Waals surface area contributed by atoms with Crippen LogP contribution >= 0.6 is 15.9 Å². The zero-order chi connectivity index (χ0) is 18.4. The fourth-order valence-corrected chi connectivity index (χ4v) is 2.75. The Kier molecular flexibility index (Phi) is 6.88. The average molecular weight is 406 g/mol. The number of benzene rings is 2. The predicted octanol–water partition coefficient (Wildman–Crippen LogP) is 4.72. The number of amides is 1. The Hall–Kier alpha value is -2.01. The molecule has 0 heterocycles. The van der Waals surface area contributed by atoms with Gasteiger partial charge >= 0.3 is 0 Å². The molecule has 0 bridgehead atoms. The molecule has 1 amide bonds. The molecule has 0 radical (unpaired) electrons. The Balaban J connectivity index is 1.89. The molecule has 0 saturated heterocycles. The summed E-state index contributed by atoms with van der Waals surface area (Å²) in [5.74, 6) is 1.37. The van der Waals surface area contributed by atoms with Gasteiger partial charge in [0.1, 0.15) is 11.5 Å². The highest BCUT2D eigenvalue weighted by molar-refractivity contribution is 9.10. The molecule has 0 fully saturated rings. The van der Waals surface area contributed by atoms with Crippen molar-refractivity contribution in [3.8, 4) is 11.5 Å². The van der Waals surface area contributed by atoms with Gasteiger partial charge in [0.25, 0.3) is 5.91 Å². The quantitative estimate of drug-likeness (QED) is 0.724. The summed E-state index contributed by atoms with van der Waals surface area (Å²) in [7, 11) is 0. The number of rotatable bonds is 7. The lowest BCUT2D eigenvalue weighted by Crippen LogP contribution is -2.31. The number of carbonyl (C=O) groups is 1. The number of aryl methyl sites for hydroxylation is 2. The number of carbonyl (C=O) groups excluding carboxylic acids is 1. The summed E-state index contributed by atoms with van der Waals surface area (Å²) in [6.45, 7) is 8.52. The largest absolute Gasteiger partial charge is 0.494 e. The molecule has 0 unspecified atom stereocenters. The highest BCUT2D eigenvalue weighted by atomic mass is 79.9. The zero-order valence-electron chi connectivity index (χ0n) is 15.1. The summed E-state index contributed by atoms with van der Waals surface area (Å²) in [6, 6.07) is 11.5. The van der Waals surface area contributed by atoms with Crippen LogP contribution in [0.4, 0.5) is 0 Å². The van der Waals surface area contributed by atoms with Gasteiger partial charge in [-0.25, -0.2) is 0 Å². The lowest BCUT2D eigenvalue weighted by Gasteiger charge is -2.16. The minimum Gasteiger partial charge on any atom is -0.494 e. The number of halogens is 1. The third-order valence-corrected chi connectivity index (χ3v) is 5.10. The van der Waals surface area contributed by atoms with E-state index in [1.807, 2.05) is 64.1 Å². The van der Waals surface area contributed by atoms with Gasteiger partial charge in [-0.2, -0.15) is 0 Å². The second-order valence-electron chi connectivity index (χ2n) is 5.95. The lowest BCUT2D eigenvalue weighted by molar-refractivity contribution is -0.123. The highest BCUT2D eigenvalue weighted by Gasteiger charge is 2.11. The first-order valence-electron chi connectivity index (χ1n) is 8.32. The van der Waals surface area contributed by atoms with E-state index in [4.69, 9.17) is 9.47 Å². The second kappa shape index (κ2) is 8.90. The monoisotopic (exact) mass is 405 g/mol. The Labute approximate surface area is 157 Å². The molecule has 25 heavy (non-hydrogen) atoms. The van der Waals surface area contributed by atoms with Gasteiger partial charge in [0.05, 0.1) is 12.6 Å². The molecule has 0 spiro atoms. The fraction of sp³-hybridized carbons (Fsp3) is 0.350. The molecular formula is C20H24BrNO3. The van der Waals surface area contributed by atoms with Gasteiger partial charge in [0.2, 0.25) is 0 Å². The van der Waals surface area contributed by atoms with E-state index in [0.717, 1.165) is 26.9 Å². The van der Waals surface area contributed by atoms with Crippen LogP contribution in [0, 0.1) is 13.8 Å². The van der Waals surface area contributed by atoms with Crippen molar-refractivity contribution in [3.05, 3.63) is 57.6 Å². The van der Waals surface area contributed by atoms with Crippen LogP contribution in [-0.2, 0) is 4.79 Å². The van der Waals surface area contributed by atoms with Crippen molar-refractivity contribution in [2.45, 2.75) is 33.7 Å². The van der Waals surface area contributed by atoms with E-state index in [1.165, 1.54) is 0 Å². The number of hydrogen-bond acceptors (Lipinski definition) is 3. The molecule has 0 aliphatic carbocycles. The molecule has 2 rings (SSSR count). The predicted molar refractivity (Wildman–Crippen MR) is 103 cm³/mol. The Morgan fingerprint density at radius 1 is 1.08 bits per heavy atom. The van der Waals surface area contributed by atoms with E-state index in [2.05, 4.69) is 21.2 Å². The molecule has 1 atom stereocenters. The van der Waals surface area contributed by atoms with E-state index in [9.17, 15) is 4.79 Å². The van der Waals surface area contributed by atoms with Crippen molar-refractivity contribution in [1.29, 1.82) is 0 Å². The van der Waals surface area contributed by atoms with E-state index < -0.39 is 0 Å². The van der Waals surface area contributed by atoms with Crippen LogP contribution in [0.5, 0.6) is 11.5 Å². The molecule has 5 heteroatoms. The average Bonchev–Trinajstić information content (AvgIpc) is 2.58. The van der Waals surface area contributed by atoms with Gasteiger partial charge in [0, 0.05) is 4.47 Å². The van der Waals surface area contributed by atoms with Crippen LogP contribution in [0.15, 0.2) is 40.9 Å². The molecule has 1 N–H and O–H groups in total. The van der Waals surface area contributed by atoms with E-state index in [-0.39, 0.29) is 18.6 Å². The van der Waals surface area contributed by atoms with Crippen LogP contribution < -0.4 is 14.8 Å². The first-order chi connectivity index (χ1) is 11.9. The van der Waals surface area contributed by atoms with Crippen LogP contribution in [0.3, 0.4) is 0 Å². The molecule has 0 aliphatic rings. The third-order valence-electron chi connectivity index (χ3n) is 3.85. The molecule has 0 aromatic heterocycles. The van der Waals surface area contributed by atoms with Crippen LogP contribution in [0.2, 0.25) is 0 Å². The summed E-state index contributed by atoms with van der Waals surface area (Å²) in [5, 5.41) is 2.94. The number of hydrogen-bond donors (Lipinski definition) is 1. The molecule has 4 nitrogen and oxygen atoms in total. The van der Waals surface area contributed by atoms with Crippen molar-refractivity contribution in [2.75, 3.05) is 13.2 Å². The molecule has 0 saturated carbocycles. The molecular weight excluding hydrogens is 382 g/mol. The van der Waals surface area contributed by atoms with E-state index in [1.54, 1.807) is 0 Å². The summed E-state index contributed by atoms with van der Waals surface area (Å²) in [4.78, 5) is 12.1. The minimum atomic E-state index is -0.153. The molecule has 2 aromatic rings. The van der Waals surface area contributed by atoms with E-state index >= 15 is 0 Å². The lowest BCUT2D eigenvalue weighted by atomic mass is 10.1. The van der Waals surface area contributed by atoms with Gasteiger partial charge in [0.15, 0.2) is 6.61 Å². The molecule has 0 aliphatic heterocycles. The number of nitrogens with one attached hydrogen (secondary N) is 1. The van der Waals surface area contributed by atoms with Crippen LogP contribution in [0.25, 0.3) is 0 Å². The highest BCUT2D eigenvalue weighted by Crippen LogP contribution is 2.26. The van der Waals surface area contributed by atoms with Gasteiger partial charge in [-0.05, 0) is 68.7 Å². The van der Waals surface area contributed by atoms with Crippen LogP contribution in [0.1, 0.15) is 36.6 Å². The smallest absolute Gasteiger partial charge is 0.258 e. The summed E-state index contributed by atoms with van der Waals surface area (Å²) < 4.78 is 12.1. The fourth-order valence-electron chi connectivity index (χ4n) is 2.52. The summed E-state index contributed by atoms with van der Waals surface area (Å²) in [6.07, 6.45) is 0. The van der Waals surface area contributed by atoms with Crippen molar-refractivity contribution < 1.29 is 14.3 Å². The molecule has 2 aromatic carbocycles. The second-order valence-corrected chi connectivity index (χ2v) is 6.74. The Bertz CT molecular complexity index is 705. The maximum absolute atomic E-state index is 12.1. The minimum absolute atomic E-state index is 0.0120. The SMILES string of the molecule is CCOc1ccc([C@@H](C)NC(=O)COc2cc(C)c(Br)c(C)c2)cc1. The van der Waals surface area contributed by atoms with Crippen molar-refractivity contribution in [3.63, 3.8) is 0 Å². The first kappa shape index (κ1) is 19.3. The third kappa shape index (κ3) is 5.49. The van der Waals surface area contributed by atoms with Crippen molar-refractivity contribution in [2.24, 2.45) is 0 Å². The van der Waals surface area contributed by atoms with Gasteiger partial charge < -0.3 is 14.8 Å². The topological polar surface area (TPSA) is 47.6 Å². The summed E-state index contributed by atoms with van der Waals surface area (Å²) in [5.41, 5.74) is 3.18. The van der Waals surface area contributed by atoms with Crippen molar-refractivity contribution >= 4 is 21.8 Å². The Morgan fingerprint density at radius 2 is 1.68 bits per heavy atom. The van der Waals surface area contributed by atoms with Gasteiger partial charge in [-0.3, -0.25) is 4.79 Å².